The van der Waals surface area contributed by atoms with Crippen molar-refractivity contribution in [1.82, 2.24) is 0 Å². The maximum absolute atomic E-state index is 11.6. The Morgan fingerprint density at radius 2 is 1.35 bits per heavy atom. The first-order chi connectivity index (χ1) is 12.6. The van der Waals surface area contributed by atoms with Crippen LogP contribution in [0.2, 0.25) is 0 Å². The molecule has 4 heteroatoms. The first-order valence-electron chi connectivity index (χ1n) is 8.41. The van der Waals surface area contributed by atoms with E-state index in [0.717, 1.165) is 22.3 Å². The third kappa shape index (κ3) is 3.81. The zero-order chi connectivity index (χ0) is 18.5. The van der Waals surface area contributed by atoms with E-state index < -0.39 is 5.97 Å². The van der Waals surface area contributed by atoms with Gasteiger partial charge in [0.05, 0.1) is 11.3 Å². The molecular formula is C22H19NO3. The van der Waals surface area contributed by atoms with Gasteiger partial charge in [0, 0.05) is 6.42 Å². The van der Waals surface area contributed by atoms with E-state index in [4.69, 9.17) is 0 Å². The third-order valence-electron chi connectivity index (χ3n) is 4.17. The molecule has 0 bridgehead atoms. The van der Waals surface area contributed by atoms with Crippen molar-refractivity contribution in [1.29, 1.82) is 0 Å². The Bertz CT molecular complexity index is 931. The van der Waals surface area contributed by atoms with E-state index in [0.29, 0.717) is 12.1 Å². The molecule has 0 spiro atoms. The number of benzene rings is 3. The summed E-state index contributed by atoms with van der Waals surface area (Å²) >= 11 is 0. The Hall–Kier alpha value is -3.40. The van der Waals surface area contributed by atoms with Gasteiger partial charge in [-0.2, -0.15) is 0 Å². The van der Waals surface area contributed by atoms with Gasteiger partial charge in [0.15, 0.2) is 0 Å². The predicted molar refractivity (Wildman–Crippen MR) is 103 cm³/mol. The number of hydrogen-bond acceptors (Lipinski definition) is 2. The molecule has 3 aromatic carbocycles. The fourth-order valence-corrected chi connectivity index (χ4v) is 2.73. The standard InChI is InChI=1S/C22H19NO3/c1-2-21(24)23-20-13-12-18(14-19(20)22(25)26)17-10-8-16(9-11-17)15-6-4-3-5-7-15/h3-14H,2H2,1H3,(H,23,24)(H,25,26). The van der Waals surface area contributed by atoms with Crippen molar-refractivity contribution >= 4 is 17.6 Å². The third-order valence-corrected chi connectivity index (χ3v) is 4.17. The molecule has 0 saturated heterocycles. The van der Waals surface area contributed by atoms with Gasteiger partial charge < -0.3 is 10.4 Å². The Morgan fingerprint density at radius 3 is 1.92 bits per heavy atom. The highest BCUT2D eigenvalue weighted by molar-refractivity contribution is 6.01. The van der Waals surface area contributed by atoms with E-state index in [-0.39, 0.29) is 11.5 Å². The van der Waals surface area contributed by atoms with E-state index in [2.05, 4.69) is 5.32 Å². The summed E-state index contributed by atoms with van der Waals surface area (Å²) in [7, 11) is 0. The van der Waals surface area contributed by atoms with Crippen molar-refractivity contribution in [3.05, 3.63) is 78.4 Å². The average Bonchev–Trinajstić information content (AvgIpc) is 2.69. The zero-order valence-corrected chi connectivity index (χ0v) is 14.4. The predicted octanol–water partition coefficient (Wildman–Crippen LogP) is 5.07. The molecule has 0 heterocycles. The van der Waals surface area contributed by atoms with Crippen molar-refractivity contribution < 1.29 is 14.7 Å². The molecule has 3 rings (SSSR count). The van der Waals surface area contributed by atoms with Gasteiger partial charge >= 0.3 is 5.97 Å². The number of nitrogens with one attached hydrogen (secondary N) is 1. The fourth-order valence-electron chi connectivity index (χ4n) is 2.73. The number of amides is 1. The number of carbonyl (C=O) groups excluding carboxylic acids is 1. The van der Waals surface area contributed by atoms with Crippen LogP contribution in [0, 0.1) is 0 Å². The Balaban J connectivity index is 1.93. The molecule has 0 aromatic heterocycles. The van der Waals surface area contributed by atoms with Gasteiger partial charge in [0.2, 0.25) is 5.91 Å². The number of aromatic carboxylic acids is 1. The van der Waals surface area contributed by atoms with Crippen LogP contribution in [0.3, 0.4) is 0 Å². The maximum atomic E-state index is 11.6. The molecule has 0 fully saturated rings. The van der Waals surface area contributed by atoms with Crippen molar-refractivity contribution in [3.63, 3.8) is 0 Å². The lowest BCUT2D eigenvalue weighted by Crippen LogP contribution is -2.13. The molecule has 0 radical (unpaired) electrons. The lowest BCUT2D eigenvalue weighted by molar-refractivity contribution is -0.115. The zero-order valence-electron chi connectivity index (χ0n) is 14.4. The normalized spacial score (nSPS) is 10.3. The molecule has 0 aliphatic rings. The summed E-state index contributed by atoms with van der Waals surface area (Å²) in [5.41, 5.74) is 4.32. The number of carbonyl (C=O) groups is 2. The number of carboxylic acids is 1. The SMILES string of the molecule is CCC(=O)Nc1ccc(-c2ccc(-c3ccccc3)cc2)cc1C(=O)O. The first kappa shape index (κ1) is 17.4. The molecule has 0 aliphatic heterocycles. The summed E-state index contributed by atoms with van der Waals surface area (Å²) in [5, 5.41) is 12.1. The van der Waals surface area contributed by atoms with Crippen molar-refractivity contribution in [2.24, 2.45) is 0 Å². The molecule has 0 unspecified atom stereocenters. The van der Waals surface area contributed by atoms with Gasteiger partial charge in [-0.3, -0.25) is 4.79 Å². The van der Waals surface area contributed by atoms with Crippen LogP contribution in [0.5, 0.6) is 0 Å². The van der Waals surface area contributed by atoms with Gasteiger partial charge in [-0.1, -0.05) is 67.6 Å². The minimum absolute atomic E-state index is 0.0800. The molecule has 1 amide bonds. The second-order valence-corrected chi connectivity index (χ2v) is 5.91. The number of rotatable bonds is 5. The summed E-state index contributed by atoms with van der Waals surface area (Å²) < 4.78 is 0. The minimum atomic E-state index is -1.07. The molecular weight excluding hydrogens is 326 g/mol. The molecule has 26 heavy (non-hydrogen) atoms. The number of anilines is 1. The van der Waals surface area contributed by atoms with E-state index in [1.165, 1.54) is 0 Å². The van der Waals surface area contributed by atoms with Crippen LogP contribution < -0.4 is 5.32 Å². The van der Waals surface area contributed by atoms with Crippen molar-refractivity contribution in [3.8, 4) is 22.3 Å². The van der Waals surface area contributed by atoms with Crippen LogP contribution >= 0.6 is 0 Å². The molecule has 3 aromatic rings. The molecule has 0 aliphatic carbocycles. The molecule has 0 saturated carbocycles. The molecule has 2 N–H and O–H groups in total. The largest absolute Gasteiger partial charge is 0.478 e. The van der Waals surface area contributed by atoms with E-state index in [9.17, 15) is 14.7 Å². The lowest BCUT2D eigenvalue weighted by Gasteiger charge is -2.11. The van der Waals surface area contributed by atoms with Crippen LogP contribution in [-0.4, -0.2) is 17.0 Å². The molecule has 130 valence electrons. The fraction of sp³-hybridized carbons (Fsp3) is 0.0909. The second kappa shape index (κ2) is 7.66. The van der Waals surface area contributed by atoms with Gasteiger partial charge in [-0.25, -0.2) is 4.79 Å². The van der Waals surface area contributed by atoms with E-state index in [1.807, 2.05) is 60.7 Å². The Kier molecular flexibility index (Phi) is 5.13. The molecule has 0 atom stereocenters. The van der Waals surface area contributed by atoms with Gasteiger partial charge in [-0.15, -0.1) is 0 Å². The highest BCUT2D eigenvalue weighted by Crippen LogP contribution is 2.28. The van der Waals surface area contributed by atoms with E-state index in [1.54, 1.807) is 19.1 Å². The van der Waals surface area contributed by atoms with Gasteiger partial charge in [0.1, 0.15) is 0 Å². The average molecular weight is 345 g/mol. The maximum Gasteiger partial charge on any atom is 0.337 e. The number of hydrogen-bond donors (Lipinski definition) is 2. The number of carboxylic acid groups (broad SMARTS) is 1. The van der Waals surface area contributed by atoms with E-state index >= 15 is 0 Å². The topological polar surface area (TPSA) is 66.4 Å². The van der Waals surface area contributed by atoms with Gasteiger partial charge in [-0.05, 0) is 34.4 Å². The summed E-state index contributed by atoms with van der Waals surface area (Å²) in [6.45, 7) is 1.72. The van der Waals surface area contributed by atoms with Gasteiger partial charge in [0.25, 0.3) is 0 Å². The van der Waals surface area contributed by atoms with Crippen LogP contribution in [0.1, 0.15) is 23.7 Å². The van der Waals surface area contributed by atoms with Crippen LogP contribution in [0.15, 0.2) is 72.8 Å². The van der Waals surface area contributed by atoms with Crippen LogP contribution in [0.4, 0.5) is 5.69 Å². The second-order valence-electron chi connectivity index (χ2n) is 5.91. The highest BCUT2D eigenvalue weighted by Gasteiger charge is 2.13. The molecule has 4 nitrogen and oxygen atoms in total. The van der Waals surface area contributed by atoms with Crippen molar-refractivity contribution in [2.75, 3.05) is 5.32 Å². The summed E-state index contributed by atoms with van der Waals surface area (Å²) in [6, 6.07) is 23.0. The summed E-state index contributed by atoms with van der Waals surface area (Å²) in [4.78, 5) is 23.1. The van der Waals surface area contributed by atoms with Crippen molar-refractivity contribution in [2.45, 2.75) is 13.3 Å². The minimum Gasteiger partial charge on any atom is -0.478 e. The quantitative estimate of drug-likeness (QED) is 0.678. The lowest BCUT2D eigenvalue weighted by atomic mass is 9.98. The van der Waals surface area contributed by atoms with Crippen LogP contribution in [0.25, 0.3) is 22.3 Å². The first-order valence-corrected chi connectivity index (χ1v) is 8.41. The highest BCUT2D eigenvalue weighted by atomic mass is 16.4. The smallest absolute Gasteiger partial charge is 0.337 e. The monoisotopic (exact) mass is 345 g/mol. The summed E-state index contributed by atoms with van der Waals surface area (Å²) in [5.74, 6) is -1.29. The van der Waals surface area contributed by atoms with Crippen LogP contribution in [-0.2, 0) is 4.79 Å². The Morgan fingerprint density at radius 1 is 0.808 bits per heavy atom. The summed E-state index contributed by atoms with van der Waals surface area (Å²) in [6.07, 6.45) is 0.293. The Labute approximate surface area is 152 Å².